The van der Waals surface area contributed by atoms with Crippen LogP contribution >= 0.6 is 0 Å². The molecule has 0 saturated heterocycles. The Morgan fingerprint density at radius 1 is 0.633 bits per heavy atom. The van der Waals surface area contributed by atoms with E-state index < -0.39 is 12.1 Å². The number of rotatable bonds is 22. The third kappa shape index (κ3) is 16.7. The second kappa shape index (κ2) is 21.2. The summed E-state index contributed by atoms with van der Waals surface area (Å²) in [6.07, 6.45) is 20.8. The van der Waals surface area contributed by atoms with E-state index in [9.17, 15) is 14.7 Å². The standard InChI is InChI=1S/C26H50O4/c1-4-7-9-10-11-12-13-14-15-16-17-18-19-20-22-24(25(27)28)30-26(29)23(6-3)21-8-5-2/h23-24H,4-22H2,1-3H3,(H,27,28). The number of carboxylic acids is 1. The molecular weight excluding hydrogens is 376 g/mol. The van der Waals surface area contributed by atoms with Crippen LogP contribution in [0.5, 0.6) is 0 Å². The maximum Gasteiger partial charge on any atom is 0.345 e. The lowest BCUT2D eigenvalue weighted by molar-refractivity contribution is -0.167. The van der Waals surface area contributed by atoms with Gasteiger partial charge in [-0.25, -0.2) is 4.79 Å². The number of carbonyl (C=O) groups is 2. The second-order valence-electron chi connectivity index (χ2n) is 8.90. The highest BCUT2D eigenvalue weighted by Crippen LogP contribution is 2.18. The monoisotopic (exact) mass is 426 g/mol. The average molecular weight is 427 g/mol. The number of hydrogen-bond donors (Lipinski definition) is 1. The third-order valence-corrected chi connectivity index (χ3v) is 6.09. The van der Waals surface area contributed by atoms with Crippen LogP contribution < -0.4 is 0 Å². The van der Waals surface area contributed by atoms with Crippen LogP contribution in [0.1, 0.15) is 143 Å². The molecule has 0 saturated carbocycles. The van der Waals surface area contributed by atoms with Gasteiger partial charge in [0, 0.05) is 0 Å². The lowest BCUT2D eigenvalue weighted by atomic mass is 9.99. The zero-order chi connectivity index (χ0) is 22.5. The Hall–Kier alpha value is -1.06. The summed E-state index contributed by atoms with van der Waals surface area (Å²) in [6, 6.07) is 0. The van der Waals surface area contributed by atoms with Crippen molar-refractivity contribution in [3.05, 3.63) is 0 Å². The first-order valence-electron chi connectivity index (χ1n) is 13.0. The van der Waals surface area contributed by atoms with Crippen molar-refractivity contribution < 1.29 is 19.4 Å². The van der Waals surface area contributed by atoms with Crippen molar-refractivity contribution in [1.29, 1.82) is 0 Å². The van der Waals surface area contributed by atoms with Gasteiger partial charge in [-0.2, -0.15) is 0 Å². The van der Waals surface area contributed by atoms with Crippen molar-refractivity contribution >= 4 is 11.9 Å². The third-order valence-electron chi connectivity index (χ3n) is 6.09. The number of aliphatic carboxylic acids is 1. The molecule has 0 rings (SSSR count). The number of unbranched alkanes of at least 4 members (excludes halogenated alkanes) is 14. The first kappa shape index (κ1) is 28.9. The van der Waals surface area contributed by atoms with E-state index in [4.69, 9.17) is 4.74 Å². The highest BCUT2D eigenvalue weighted by Gasteiger charge is 2.25. The molecule has 1 N–H and O–H groups in total. The van der Waals surface area contributed by atoms with Gasteiger partial charge in [-0.1, -0.05) is 117 Å². The Morgan fingerprint density at radius 2 is 1.07 bits per heavy atom. The maximum absolute atomic E-state index is 12.3. The van der Waals surface area contributed by atoms with Crippen LogP contribution in [0.2, 0.25) is 0 Å². The summed E-state index contributed by atoms with van der Waals surface area (Å²) < 4.78 is 5.34. The molecule has 0 aliphatic carbocycles. The summed E-state index contributed by atoms with van der Waals surface area (Å²) in [5.41, 5.74) is 0. The Kier molecular flexibility index (Phi) is 20.4. The number of carbonyl (C=O) groups excluding carboxylic acids is 1. The maximum atomic E-state index is 12.3. The summed E-state index contributed by atoms with van der Waals surface area (Å²) in [4.78, 5) is 23.7. The minimum atomic E-state index is -1.01. The number of esters is 1. The van der Waals surface area contributed by atoms with E-state index in [1.807, 2.05) is 6.92 Å². The fourth-order valence-corrected chi connectivity index (χ4v) is 3.93. The van der Waals surface area contributed by atoms with Gasteiger partial charge in [-0.05, 0) is 25.7 Å². The van der Waals surface area contributed by atoms with Crippen LogP contribution in [-0.4, -0.2) is 23.1 Å². The van der Waals surface area contributed by atoms with E-state index in [1.54, 1.807) is 0 Å². The van der Waals surface area contributed by atoms with Crippen LogP contribution in [0.4, 0.5) is 0 Å². The van der Waals surface area contributed by atoms with Gasteiger partial charge < -0.3 is 9.84 Å². The van der Waals surface area contributed by atoms with E-state index >= 15 is 0 Å². The summed E-state index contributed by atoms with van der Waals surface area (Å²) in [7, 11) is 0. The number of carboxylic acid groups (broad SMARTS) is 1. The van der Waals surface area contributed by atoms with Gasteiger partial charge in [0.2, 0.25) is 0 Å². The Bertz CT molecular complexity index is 408. The molecule has 0 amide bonds. The van der Waals surface area contributed by atoms with Gasteiger partial charge in [0.05, 0.1) is 5.92 Å². The molecule has 0 spiro atoms. The molecule has 0 radical (unpaired) electrons. The highest BCUT2D eigenvalue weighted by molar-refractivity contribution is 5.79. The molecule has 0 aromatic heterocycles. The predicted molar refractivity (Wildman–Crippen MR) is 126 cm³/mol. The normalized spacial score (nSPS) is 13.2. The minimum absolute atomic E-state index is 0.164. The molecular formula is C26H50O4. The molecule has 0 fully saturated rings. The number of ether oxygens (including phenoxy) is 1. The Morgan fingerprint density at radius 3 is 1.47 bits per heavy atom. The molecule has 0 bridgehead atoms. The Labute approximate surface area is 186 Å². The molecule has 2 atom stereocenters. The van der Waals surface area contributed by atoms with Crippen molar-refractivity contribution in [2.45, 2.75) is 149 Å². The van der Waals surface area contributed by atoms with E-state index in [0.29, 0.717) is 12.8 Å². The quantitative estimate of drug-likeness (QED) is 0.140. The van der Waals surface area contributed by atoms with Gasteiger partial charge in [-0.3, -0.25) is 4.79 Å². The summed E-state index contributed by atoms with van der Waals surface area (Å²) in [5.74, 6) is -1.50. The van der Waals surface area contributed by atoms with Gasteiger partial charge in [0.15, 0.2) is 6.10 Å². The molecule has 4 heteroatoms. The fraction of sp³-hybridized carbons (Fsp3) is 0.923. The fourth-order valence-electron chi connectivity index (χ4n) is 3.93. The molecule has 178 valence electrons. The van der Waals surface area contributed by atoms with Crippen molar-refractivity contribution in [2.75, 3.05) is 0 Å². The van der Waals surface area contributed by atoms with Gasteiger partial charge in [0.1, 0.15) is 0 Å². The summed E-state index contributed by atoms with van der Waals surface area (Å²) in [6.45, 7) is 6.31. The zero-order valence-corrected chi connectivity index (χ0v) is 20.3. The molecule has 0 aromatic carbocycles. The van der Waals surface area contributed by atoms with E-state index in [-0.39, 0.29) is 11.9 Å². The largest absolute Gasteiger partial charge is 0.479 e. The van der Waals surface area contributed by atoms with Crippen molar-refractivity contribution in [1.82, 2.24) is 0 Å². The van der Waals surface area contributed by atoms with Crippen LogP contribution in [0, 0.1) is 5.92 Å². The van der Waals surface area contributed by atoms with Crippen molar-refractivity contribution in [2.24, 2.45) is 5.92 Å². The minimum Gasteiger partial charge on any atom is -0.479 e. The van der Waals surface area contributed by atoms with Crippen molar-refractivity contribution in [3.8, 4) is 0 Å². The Balaban J connectivity index is 3.73. The van der Waals surface area contributed by atoms with Crippen LogP contribution in [0.3, 0.4) is 0 Å². The van der Waals surface area contributed by atoms with Gasteiger partial charge in [-0.15, -0.1) is 0 Å². The van der Waals surface area contributed by atoms with Gasteiger partial charge in [0.25, 0.3) is 0 Å². The first-order valence-corrected chi connectivity index (χ1v) is 13.0. The average Bonchev–Trinajstić information content (AvgIpc) is 2.73. The molecule has 0 heterocycles. The topological polar surface area (TPSA) is 63.6 Å². The zero-order valence-electron chi connectivity index (χ0n) is 20.3. The lowest BCUT2D eigenvalue weighted by Gasteiger charge is -2.18. The smallest absolute Gasteiger partial charge is 0.345 e. The van der Waals surface area contributed by atoms with E-state index in [1.165, 1.54) is 70.6 Å². The van der Waals surface area contributed by atoms with E-state index in [2.05, 4.69) is 13.8 Å². The highest BCUT2D eigenvalue weighted by atomic mass is 16.6. The molecule has 2 unspecified atom stereocenters. The number of hydrogen-bond acceptors (Lipinski definition) is 3. The molecule has 4 nitrogen and oxygen atoms in total. The van der Waals surface area contributed by atoms with Crippen LogP contribution in [0.25, 0.3) is 0 Å². The summed E-state index contributed by atoms with van der Waals surface area (Å²) >= 11 is 0. The van der Waals surface area contributed by atoms with Gasteiger partial charge >= 0.3 is 11.9 Å². The molecule has 0 aliphatic heterocycles. The molecule has 30 heavy (non-hydrogen) atoms. The molecule has 0 aromatic rings. The van der Waals surface area contributed by atoms with Crippen LogP contribution in [0.15, 0.2) is 0 Å². The summed E-state index contributed by atoms with van der Waals surface area (Å²) in [5, 5.41) is 9.38. The molecule has 0 aliphatic rings. The second-order valence-corrected chi connectivity index (χ2v) is 8.90. The first-order chi connectivity index (χ1) is 14.6. The predicted octanol–water partition coefficient (Wildman–Crippen LogP) is 8.07. The SMILES string of the molecule is CCCCCCCCCCCCCCCCC(OC(=O)C(CC)CCCC)C(=O)O. The van der Waals surface area contributed by atoms with E-state index in [0.717, 1.165) is 38.5 Å². The van der Waals surface area contributed by atoms with Crippen LogP contribution in [-0.2, 0) is 14.3 Å². The lowest BCUT2D eigenvalue weighted by Crippen LogP contribution is -2.30. The van der Waals surface area contributed by atoms with Crippen molar-refractivity contribution in [3.63, 3.8) is 0 Å².